The number of H-pyrrole nitrogens is 1. The van der Waals surface area contributed by atoms with Crippen molar-refractivity contribution < 1.29 is 26.3 Å². The Balaban J connectivity index is 1.64. The molecule has 1 N–H and O–H groups in total. The van der Waals surface area contributed by atoms with Crippen LogP contribution in [0.5, 0.6) is 0 Å². The summed E-state index contributed by atoms with van der Waals surface area (Å²) in [7, 11) is 0. The molecule has 4 nitrogen and oxygen atoms in total. The summed E-state index contributed by atoms with van der Waals surface area (Å²) in [6.45, 7) is 0. The molecule has 2 aromatic heterocycles. The van der Waals surface area contributed by atoms with Crippen LogP contribution < -0.4 is 4.90 Å². The smallest absolute Gasteiger partial charge is 0.343 e. The molecule has 1 aliphatic heterocycles. The fourth-order valence-corrected chi connectivity index (χ4v) is 5.13. The quantitative estimate of drug-likeness (QED) is 0.405. The van der Waals surface area contributed by atoms with E-state index in [1.807, 2.05) is 12.1 Å². The van der Waals surface area contributed by atoms with Crippen molar-refractivity contribution in [2.75, 3.05) is 4.90 Å². The first kappa shape index (κ1) is 20.6. The number of aromatic nitrogens is 3. The highest BCUT2D eigenvalue weighted by Gasteiger charge is 2.49. The fourth-order valence-electron chi connectivity index (χ4n) is 4.77. The molecule has 0 spiro atoms. The standard InChI is InChI=1S/C20H15BrF6N4/c21-11-2-4-13-14(8-11)29-18(28-13)17-9-1-3-12(5-9)31(17)16-7-10(19(22,23)24)6-15(30-16)20(25,26)27/h2,4,6-9,12,17H,1,3,5H2,(H,28,29)/t9-,12+,17-/m0/s1. The molecule has 5 rings (SSSR count). The van der Waals surface area contributed by atoms with Gasteiger partial charge in [-0.05, 0) is 55.5 Å². The SMILES string of the molecule is FC(F)(F)c1cc(N2[C@@H]3CC[C@@H](C3)[C@H]2c2nc3ccc(Br)cc3[nH]2)nc(C(F)(F)F)c1. The second kappa shape index (κ2) is 6.85. The van der Waals surface area contributed by atoms with Gasteiger partial charge in [-0.3, -0.25) is 0 Å². The number of hydrogen-bond donors (Lipinski definition) is 1. The third-order valence-corrected chi connectivity index (χ3v) is 6.51. The van der Waals surface area contributed by atoms with Crippen molar-refractivity contribution in [3.05, 3.63) is 51.9 Å². The number of benzene rings is 1. The van der Waals surface area contributed by atoms with Crippen molar-refractivity contribution in [2.24, 2.45) is 5.92 Å². The summed E-state index contributed by atoms with van der Waals surface area (Å²) in [5.41, 5.74) is -1.50. The maximum atomic E-state index is 13.4. The van der Waals surface area contributed by atoms with Crippen molar-refractivity contribution in [3.8, 4) is 0 Å². The van der Waals surface area contributed by atoms with Gasteiger partial charge in [0.2, 0.25) is 0 Å². The molecule has 1 saturated carbocycles. The summed E-state index contributed by atoms with van der Waals surface area (Å²) in [5.74, 6) is 0.272. The first-order chi connectivity index (χ1) is 14.5. The van der Waals surface area contributed by atoms with Crippen LogP contribution in [0.2, 0.25) is 0 Å². The molecular weight excluding hydrogens is 490 g/mol. The second-order valence-electron chi connectivity index (χ2n) is 7.96. The molecule has 1 saturated heterocycles. The lowest BCUT2D eigenvalue weighted by molar-refractivity contribution is -0.145. The van der Waals surface area contributed by atoms with E-state index in [1.165, 1.54) is 0 Å². The molecule has 31 heavy (non-hydrogen) atoms. The zero-order valence-electron chi connectivity index (χ0n) is 15.7. The van der Waals surface area contributed by atoms with Gasteiger partial charge >= 0.3 is 12.4 Å². The van der Waals surface area contributed by atoms with Crippen LogP contribution in [-0.2, 0) is 12.4 Å². The fraction of sp³-hybridized carbons (Fsp3) is 0.400. The van der Waals surface area contributed by atoms with E-state index in [-0.39, 0.29) is 23.8 Å². The molecule has 0 amide bonds. The van der Waals surface area contributed by atoms with E-state index in [9.17, 15) is 26.3 Å². The minimum Gasteiger partial charge on any atom is -0.343 e. The Labute approximate surface area is 180 Å². The zero-order chi connectivity index (χ0) is 22.1. The highest BCUT2D eigenvalue weighted by Crippen LogP contribution is 2.52. The van der Waals surface area contributed by atoms with Crippen LogP contribution in [0.1, 0.15) is 42.4 Å². The number of halogens is 7. The average Bonchev–Trinajstić information content (AvgIpc) is 3.39. The molecule has 1 aromatic carbocycles. The molecule has 1 aliphatic carbocycles. The van der Waals surface area contributed by atoms with Crippen LogP contribution in [0.15, 0.2) is 34.8 Å². The van der Waals surface area contributed by atoms with Crippen molar-refractivity contribution in [3.63, 3.8) is 0 Å². The van der Waals surface area contributed by atoms with Gasteiger partial charge in [-0.25, -0.2) is 9.97 Å². The molecule has 3 atom stereocenters. The lowest BCUT2D eigenvalue weighted by atomic mass is 9.98. The second-order valence-corrected chi connectivity index (χ2v) is 8.87. The molecule has 11 heteroatoms. The Hall–Kier alpha value is -2.30. The van der Waals surface area contributed by atoms with E-state index in [0.29, 0.717) is 30.2 Å². The average molecular weight is 505 g/mol. The van der Waals surface area contributed by atoms with Crippen molar-refractivity contribution in [1.82, 2.24) is 15.0 Å². The highest BCUT2D eigenvalue weighted by atomic mass is 79.9. The first-order valence-corrected chi connectivity index (χ1v) is 10.4. The number of anilines is 1. The summed E-state index contributed by atoms with van der Waals surface area (Å²) in [6.07, 6.45) is -7.72. The Kier molecular flexibility index (Phi) is 4.55. The van der Waals surface area contributed by atoms with E-state index in [1.54, 1.807) is 11.0 Å². The number of imidazole rings is 1. The molecular formula is C20H15BrF6N4. The minimum absolute atomic E-state index is 0.0611. The number of fused-ring (bicyclic) bond motifs is 3. The highest BCUT2D eigenvalue weighted by molar-refractivity contribution is 9.10. The van der Waals surface area contributed by atoms with Crippen molar-refractivity contribution in [2.45, 2.75) is 43.7 Å². The van der Waals surface area contributed by atoms with E-state index in [4.69, 9.17) is 0 Å². The number of nitrogens with one attached hydrogen (secondary N) is 1. The predicted molar refractivity (Wildman–Crippen MR) is 104 cm³/mol. The van der Waals surface area contributed by atoms with Gasteiger partial charge in [0.25, 0.3) is 0 Å². The third-order valence-electron chi connectivity index (χ3n) is 6.02. The number of aromatic amines is 1. The first-order valence-electron chi connectivity index (χ1n) is 9.61. The molecule has 2 aliphatic rings. The van der Waals surface area contributed by atoms with Gasteiger partial charge in [0.05, 0.1) is 22.6 Å². The van der Waals surface area contributed by atoms with Gasteiger partial charge in [0.15, 0.2) is 0 Å². The molecule has 2 fully saturated rings. The summed E-state index contributed by atoms with van der Waals surface area (Å²) in [4.78, 5) is 13.0. The maximum Gasteiger partial charge on any atom is 0.433 e. The summed E-state index contributed by atoms with van der Waals surface area (Å²) < 4.78 is 81.0. The Morgan fingerprint density at radius 3 is 2.45 bits per heavy atom. The third kappa shape index (κ3) is 3.56. The number of piperidine rings is 1. The minimum atomic E-state index is -4.99. The Morgan fingerprint density at radius 2 is 1.74 bits per heavy atom. The Bertz CT molecular complexity index is 1120. The number of rotatable bonds is 2. The van der Waals surface area contributed by atoms with Gasteiger partial charge in [-0.2, -0.15) is 26.3 Å². The van der Waals surface area contributed by atoms with E-state index < -0.39 is 29.7 Å². The Morgan fingerprint density at radius 1 is 0.968 bits per heavy atom. The van der Waals surface area contributed by atoms with E-state index in [0.717, 1.165) is 16.4 Å². The molecule has 2 bridgehead atoms. The number of alkyl halides is 6. The van der Waals surface area contributed by atoms with E-state index in [2.05, 4.69) is 30.9 Å². The van der Waals surface area contributed by atoms with Crippen LogP contribution >= 0.6 is 15.9 Å². The topological polar surface area (TPSA) is 44.8 Å². The van der Waals surface area contributed by atoms with Crippen LogP contribution in [0.25, 0.3) is 11.0 Å². The lowest BCUT2D eigenvalue weighted by Gasteiger charge is -2.35. The molecule has 164 valence electrons. The van der Waals surface area contributed by atoms with Crippen LogP contribution in [-0.4, -0.2) is 21.0 Å². The van der Waals surface area contributed by atoms with Crippen LogP contribution in [0.3, 0.4) is 0 Å². The van der Waals surface area contributed by atoms with Gasteiger partial charge in [0.1, 0.15) is 17.3 Å². The summed E-state index contributed by atoms with van der Waals surface area (Å²) in [6, 6.07) is 5.55. The summed E-state index contributed by atoms with van der Waals surface area (Å²) in [5, 5.41) is 0. The number of hydrogen-bond acceptors (Lipinski definition) is 3. The molecule has 0 radical (unpaired) electrons. The van der Waals surface area contributed by atoms with Crippen LogP contribution in [0.4, 0.5) is 32.2 Å². The summed E-state index contributed by atoms with van der Waals surface area (Å²) >= 11 is 3.38. The lowest BCUT2D eigenvalue weighted by Crippen LogP contribution is -2.37. The van der Waals surface area contributed by atoms with Gasteiger partial charge in [0, 0.05) is 10.5 Å². The van der Waals surface area contributed by atoms with Gasteiger partial charge in [-0.1, -0.05) is 15.9 Å². The zero-order valence-corrected chi connectivity index (χ0v) is 17.3. The maximum absolute atomic E-state index is 13.4. The normalized spacial score (nSPS) is 23.8. The monoisotopic (exact) mass is 504 g/mol. The van der Waals surface area contributed by atoms with Crippen LogP contribution in [0, 0.1) is 5.92 Å². The number of nitrogens with zero attached hydrogens (tertiary/aromatic N) is 3. The van der Waals surface area contributed by atoms with Crippen molar-refractivity contribution >= 4 is 32.8 Å². The largest absolute Gasteiger partial charge is 0.433 e. The van der Waals surface area contributed by atoms with E-state index >= 15 is 0 Å². The molecule has 0 unspecified atom stereocenters. The predicted octanol–water partition coefficient (Wildman–Crippen LogP) is 6.49. The number of pyridine rings is 1. The van der Waals surface area contributed by atoms with Crippen molar-refractivity contribution in [1.29, 1.82) is 0 Å². The van der Waals surface area contributed by atoms with Gasteiger partial charge < -0.3 is 9.88 Å². The molecule has 3 aromatic rings. The molecule has 3 heterocycles. The van der Waals surface area contributed by atoms with Gasteiger partial charge in [-0.15, -0.1) is 0 Å².